The first kappa shape index (κ1) is 12.2. The zero-order chi connectivity index (χ0) is 12.3. The Labute approximate surface area is 113 Å². The van der Waals surface area contributed by atoms with Gasteiger partial charge in [0.05, 0.1) is 11.4 Å². The molecule has 0 bridgehead atoms. The predicted octanol–water partition coefficient (Wildman–Crippen LogP) is 3.69. The van der Waals surface area contributed by atoms with Crippen LogP contribution in [0.1, 0.15) is 5.56 Å². The molecule has 0 fully saturated rings. The number of hydrogen-bond donors (Lipinski definition) is 2. The van der Waals surface area contributed by atoms with E-state index in [4.69, 9.17) is 17.3 Å². The van der Waals surface area contributed by atoms with Gasteiger partial charge in [0.25, 0.3) is 0 Å². The minimum Gasteiger partial charge on any atom is -0.397 e. The van der Waals surface area contributed by atoms with Crippen LogP contribution in [0.2, 0.25) is 5.15 Å². The molecule has 0 saturated heterocycles. The summed E-state index contributed by atoms with van der Waals surface area (Å²) in [5.74, 6) is 0. The Morgan fingerprint density at radius 2 is 2.18 bits per heavy atom. The molecule has 3 nitrogen and oxygen atoms in total. The van der Waals surface area contributed by atoms with Gasteiger partial charge in [0.15, 0.2) is 0 Å². The molecule has 0 spiro atoms. The van der Waals surface area contributed by atoms with E-state index in [0.717, 1.165) is 15.7 Å². The molecule has 0 amide bonds. The molecule has 0 radical (unpaired) electrons. The smallest absolute Gasteiger partial charge is 0.133 e. The van der Waals surface area contributed by atoms with Crippen molar-refractivity contribution in [2.24, 2.45) is 0 Å². The minimum atomic E-state index is 0.508. The quantitative estimate of drug-likeness (QED) is 0.671. The molecule has 88 valence electrons. The highest BCUT2D eigenvalue weighted by Crippen LogP contribution is 2.24. The Morgan fingerprint density at radius 3 is 2.94 bits per heavy atom. The summed E-state index contributed by atoms with van der Waals surface area (Å²) in [6, 6.07) is 9.46. The van der Waals surface area contributed by atoms with Gasteiger partial charge in [0, 0.05) is 22.8 Å². The van der Waals surface area contributed by atoms with E-state index in [1.165, 1.54) is 0 Å². The maximum Gasteiger partial charge on any atom is 0.133 e. The van der Waals surface area contributed by atoms with Gasteiger partial charge in [-0.3, -0.25) is 0 Å². The molecule has 0 aliphatic heterocycles. The SMILES string of the molecule is Nc1ccc(Br)cc1NCc1cccnc1Cl. The molecule has 3 N–H and O–H groups in total. The molecule has 17 heavy (non-hydrogen) atoms. The molecule has 0 saturated carbocycles. The maximum atomic E-state index is 5.97. The fraction of sp³-hybridized carbons (Fsp3) is 0.0833. The van der Waals surface area contributed by atoms with Gasteiger partial charge in [-0.05, 0) is 24.3 Å². The molecule has 1 heterocycles. The lowest BCUT2D eigenvalue weighted by Crippen LogP contribution is -2.03. The molecule has 0 aliphatic rings. The molecule has 2 aromatic rings. The predicted molar refractivity (Wildman–Crippen MR) is 75.1 cm³/mol. The number of halogens is 2. The second-order valence-corrected chi connectivity index (χ2v) is 4.81. The average molecular weight is 313 g/mol. The van der Waals surface area contributed by atoms with E-state index in [-0.39, 0.29) is 0 Å². The molecule has 0 aliphatic carbocycles. The van der Waals surface area contributed by atoms with Crippen LogP contribution in [0.5, 0.6) is 0 Å². The molecule has 0 atom stereocenters. The number of benzene rings is 1. The van der Waals surface area contributed by atoms with E-state index < -0.39 is 0 Å². The largest absolute Gasteiger partial charge is 0.397 e. The van der Waals surface area contributed by atoms with Gasteiger partial charge >= 0.3 is 0 Å². The third kappa shape index (κ3) is 3.11. The maximum absolute atomic E-state index is 5.97. The van der Waals surface area contributed by atoms with Crippen molar-refractivity contribution in [3.8, 4) is 0 Å². The number of nitrogen functional groups attached to an aromatic ring is 1. The van der Waals surface area contributed by atoms with Crippen LogP contribution in [0.3, 0.4) is 0 Å². The first-order valence-corrected chi connectivity index (χ1v) is 6.22. The Balaban J connectivity index is 2.12. The van der Waals surface area contributed by atoms with Gasteiger partial charge in [-0.25, -0.2) is 4.98 Å². The molecular weight excluding hydrogens is 302 g/mol. The second-order valence-electron chi connectivity index (χ2n) is 3.54. The van der Waals surface area contributed by atoms with Crippen molar-refractivity contribution in [2.75, 3.05) is 11.1 Å². The summed E-state index contributed by atoms with van der Waals surface area (Å²) >= 11 is 9.37. The van der Waals surface area contributed by atoms with Crippen LogP contribution in [-0.4, -0.2) is 4.98 Å². The summed E-state index contributed by atoms with van der Waals surface area (Å²) in [5, 5.41) is 3.74. The highest BCUT2D eigenvalue weighted by molar-refractivity contribution is 9.10. The number of anilines is 2. The summed E-state index contributed by atoms with van der Waals surface area (Å²) in [4.78, 5) is 4.02. The summed E-state index contributed by atoms with van der Waals surface area (Å²) in [7, 11) is 0. The first-order chi connectivity index (χ1) is 8.16. The van der Waals surface area contributed by atoms with E-state index in [1.807, 2.05) is 30.3 Å². The minimum absolute atomic E-state index is 0.508. The monoisotopic (exact) mass is 311 g/mol. The van der Waals surface area contributed by atoms with Crippen molar-refractivity contribution in [1.29, 1.82) is 0 Å². The van der Waals surface area contributed by atoms with E-state index >= 15 is 0 Å². The fourth-order valence-electron chi connectivity index (χ4n) is 1.42. The number of pyridine rings is 1. The lowest BCUT2D eigenvalue weighted by molar-refractivity contribution is 1.11. The number of nitrogens with one attached hydrogen (secondary N) is 1. The molecular formula is C12H11BrClN3. The topological polar surface area (TPSA) is 50.9 Å². The first-order valence-electron chi connectivity index (χ1n) is 5.05. The van der Waals surface area contributed by atoms with Crippen LogP contribution < -0.4 is 11.1 Å². The van der Waals surface area contributed by atoms with Crippen LogP contribution >= 0.6 is 27.5 Å². The highest BCUT2D eigenvalue weighted by atomic mass is 79.9. The number of aromatic nitrogens is 1. The van der Waals surface area contributed by atoms with Crippen molar-refractivity contribution in [1.82, 2.24) is 4.98 Å². The van der Waals surface area contributed by atoms with Gasteiger partial charge in [0.2, 0.25) is 0 Å². The van der Waals surface area contributed by atoms with Crippen LogP contribution in [0.4, 0.5) is 11.4 Å². The lowest BCUT2D eigenvalue weighted by Gasteiger charge is -2.10. The summed E-state index contributed by atoms with van der Waals surface area (Å²) < 4.78 is 0.978. The molecule has 2 rings (SSSR count). The Kier molecular flexibility index (Phi) is 3.86. The van der Waals surface area contributed by atoms with Crippen molar-refractivity contribution in [2.45, 2.75) is 6.54 Å². The van der Waals surface area contributed by atoms with Crippen molar-refractivity contribution < 1.29 is 0 Å². The number of hydrogen-bond acceptors (Lipinski definition) is 3. The molecule has 1 aromatic heterocycles. The number of nitrogens with zero attached hydrogens (tertiary/aromatic N) is 1. The van der Waals surface area contributed by atoms with Crippen molar-refractivity contribution in [3.05, 3.63) is 51.7 Å². The van der Waals surface area contributed by atoms with E-state index in [1.54, 1.807) is 6.20 Å². The highest BCUT2D eigenvalue weighted by Gasteiger charge is 2.02. The van der Waals surface area contributed by atoms with Crippen LogP contribution in [0, 0.1) is 0 Å². The van der Waals surface area contributed by atoms with E-state index in [2.05, 4.69) is 26.2 Å². The fourth-order valence-corrected chi connectivity index (χ4v) is 1.97. The van der Waals surface area contributed by atoms with Crippen LogP contribution in [0.15, 0.2) is 41.0 Å². The molecule has 1 aromatic carbocycles. The summed E-state index contributed by atoms with van der Waals surface area (Å²) in [6.07, 6.45) is 1.67. The van der Waals surface area contributed by atoms with Gasteiger partial charge in [-0.15, -0.1) is 0 Å². The van der Waals surface area contributed by atoms with Crippen molar-refractivity contribution >= 4 is 38.9 Å². The Morgan fingerprint density at radius 1 is 1.35 bits per heavy atom. The Bertz CT molecular complexity index is 531. The third-order valence-corrected chi connectivity index (χ3v) is 3.15. The normalized spacial score (nSPS) is 10.2. The van der Waals surface area contributed by atoms with Gasteiger partial charge in [0.1, 0.15) is 5.15 Å². The zero-order valence-electron chi connectivity index (χ0n) is 8.95. The molecule has 5 heteroatoms. The number of rotatable bonds is 3. The van der Waals surface area contributed by atoms with Crippen LogP contribution in [-0.2, 0) is 6.54 Å². The summed E-state index contributed by atoms with van der Waals surface area (Å²) in [6.45, 7) is 0.591. The summed E-state index contributed by atoms with van der Waals surface area (Å²) in [5.41, 5.74) is 8.37. The van der Waals surface area contributed by atoms with Crippen molar-refractivity contribution in [3.63, 3.8) is 0 Å². The van der Waals surface area contributed by atoms with E-state index in [0.29, 0.717) is 17.4 Å². The average Bonchev–Trinajstić information content (AvgIpc) is 2.32. The van der Waals surface area contributed by atoms with Gasteiger partial charge in [-0.1, -0.05) is 33.6 Å². The van der Waals surface area contributed by atoms with Crippen LogP contribution in [0.25, 0.3) is 0 Å². The van der Waals surface area contributed by atoms with Gasteiger partial charge < -0.3 is 11.1 Å². The lowest BCUT2D eigenvalue weighted by atomic mass is 10.2. The van der Waals surface area contributed by atoms with Gasteiger partial charge in [-0.2, -0.15) is 0 Å². The number of nitrogens with two attached hydrogens (primary N) is 1. The van der Waals surface area contributed by atoms with E-state index in [9.17, 15) is 0 Å². The third-order valence-electron chi connectivity index (χ3n) is 2.32. The Hall–Kier alpha value is -1.26. The zero-order valence-corrected chi connectivity index (χ0v) is 11.3. The molecule has 0 unspecified atom stereocenters. The second kappa shape index (κ2) is 5.38. The standard InChI is InChI=1S/C12H11BrClN3/c13-9-3-4-10(15)11(6-9)17-7-8-2-1-5-16-12(8)14/h1-6,17H,7,15H2.